The van der Waals surface area contributed by atoms with Gasteiger partial charge in [-0.3, -0.25) is 9.59 Å². The molecule has 6 atom stereocenters. The van der Waals surface area contributed by atoms with Gasteiger partial charge in [0.05, 0.1) is 18.5 Å². The highest BCUT2D eigenvalue weighted by Crippen LogP contribution is 2.40. The van der Waals surface area contributed by atoms with E-state index in [1.54, 1.807) is 24.3 Å². The summed E-state index contributed by atoms with van der Waals surface area (Å²) in [6, 6.07) is 11.1. The zero-order valence-corrected chi connectivity index (χ0v) is 27.7. The number of nitrogens with zero attached hydrogens (tertiary/aromatic N) is 1. The number of carbonyl (C=O) groups excluding carboxylic acids is 3. The van der Waals surface area contributed by atoms with E-state index in [9.17, 15) is 19.5 Å². The lowest BCUT2D eigenvalue weighted by atomic mass is 9.96. The Morgan fingerprint density at radius 3 is 2.62 bits per heavy atom. The van der Waals surface area contributed by atoms with Crippen molar-refractivity contribution in [2.75, 3.05) is 19.1 Å². The smallest absolute Gasteiger partial charge is 0.407 e. The quantitative estimate of drug-likeness (QED) is 0.367. The summed E-state index contributed by atoms with van der Waals surface area (Å²) in [7, 11) is 0. The third-order valence-corrected chi connectivity index (χ3v) is 10.5. The number of hydrogen-bond donors (Lipinski definition) is 3. The van der Waals surface area contributed by atoms with Crippen LogP contribution < -0.4 is 10.6 Å². The summed E-state index contributed by atoms with van der Waals surface area (Å²) in [6.45, 7) is 8.94. The molecule has 2 aromatic carbocycles. The van der Waals surface area contributed by atoms with E-state index in [4.69, 9.17) is 25.8 Å². The van der Waals surface area contributed by atoms with Gasteiger partial charge in [-0.05, 0) is 81.3 Å². The number of halogens is 1. The van der Waals surface area contributed by atoms with Gasteiger partial charge in [0, 0.05) is 28.8 Å². The summed E-state index contributed by atoms with van der Waals surface area (Å²) in [5.74, 6) is -0.828. The maximum atomic E-state index is 14.0. The van der Waals surface area contributed by atoms with Gasteiger partial charge in [0.1, 0.15) is 12.1 Å². The second kappa shape index (κ2) is 14.3. The Hall–Kier alpha value is -2.83. The van der Waals surface area contributed by atoms with Crippen molar-refractivity contribution in [1.29, 1.82) is 0 Å². The molecule has 45 heavy (non-hydrogen) atoms. The lowest BCUT2D eigenvalue weighted by Crippen LogP contribution is -2.58. The summed E-state index contributed by atoms with van der Waals surface area (Å²) in [6.07, 6.45) is -1.58. The van der Waals surface area contributed by atoms with Crippen molar-refractivity contribution in [1.82, 2.24) is 15.5 Å². The fourth-order valence-electron chi connectivity index (χ4n) is 6.38. The van der Waals surface area contributed by atoms with Crippen LogP contribution in [0, 0.1) is 19.8 Å². The average Bonchev–Trinajstić information content (AvgIpc) is 3.55. The van der Waals surface area contributed by atoms with E-state index in [0.717, 1.165) is 29.5 Å². The van der Waals surface area contributed by atoms with Crippen molar-refractivity contribution in [3.05, 3.63) is 69.7 Å². The molecule has 0 radical (unpaired) electrons. The molecular weight excluding hydrogens is 618 g/mol. The van der Waals surface area contributed by atoms with Gasteiger partial charge < -0.3 is 34.9 Å². The number of amides is 3. The Morgan fingerprint density at radius 1 is 1.16 bits per heavy atom. The Kier molecular flexibility index (Phi) is 10.7. The summed E-state index contributed by atoms with van der Waals surface area (Å²) < 4.78 is 16.4. The number of rotatable bonds is 9. The summed E-state index contributed by atoms with van der Waals surface area (Å²) >= 11 is 7.67. The molecule has 10 nitrogen and oxygen atoms in total. The molecule has 3 aliphatic heterocycles. The maximum Gasteiger partial charge on any atom is 0.407 e. The van der Waals surface area contributed by atoms with Gasteiger partial charge in [-0.1, -0.05) is 41.9 Å². The molecule has 0 saturated carbocycles. The van der Waals surface area contributed by atoms with Gasteiger partial charge in [0.15, 0.2) is 12.4 Å². The first kappa shape index (κ1) is 33.5. The number of ether oxygens (including phenoxy) is 3. The molecule has 0 aromatic heterocycles. The number of hydrogen-bond acceptors (Lipinski definition) is 8. The van der Waals surface area contributed by atoms with Crippen molar-refractivity contribution in [3.8, 4) is 0 Å². The van der Waals surface area contributed by atoms with Gasteiger partial charge >= 0.3 is 6.09 Å². The molecule has 3 fully saturated rings. The molecule has 12 heteroatoms. The first-order valence-electron chi connectivity index (χ1n) is 15.3. The van der Waals surface area contributed by atoms with Crippen LogP contribution >= 0.6 is 23.4 Å². The van der Waals surface area contributed by atoms with E-state index in [-0.39, 0.29) is 30.7 Å². The van der Waals surface area contributed by atoms with Crippen LogP contribution in [0.15, 0.2) is 42.5 Å². The van der Waals surface area contributed by atoms with Gasteiger partial charge in [-0.25, -0.2) is 4.79 Å². The largest absolute Gasteiger partial charge is 0.443 e. The summed E-state index contributed by atoms with van der Waals surface area (Å²) in [4.78, 5) is 42.2. The topological polar surface area (TPSA) is 126 Å². The van der Waals surface area contributed by atoms with E-state index < -0.39 is 47.3 Å². The molecular formula is C33H42ClN3O7S. The normalized spacial score (nSPS) is 25.2. The minimum absolute atomic E-state index is 0.0750. The third kappa shape index (κ3) is 7.77. The second-order valence-electron chi connectivity index (χ2n) is 12.5. The molecule has 3 N–H and O–H groups in total. The van der Waals surface area contributed by atoms with Crippen LogP contribution in [-0.4, -0.2) is 82.3 Å². The minimum Gasteiger partial charge on any atom is -0.443 e. The Bertz CT molecular complexity index is 1390. The van der Waals surface area contributed by atoms with Crippen LogP contribution in [0.1, 0.15) is 48.9 Å². The van der Waals surface area contributed by atoms with Gasteiger partial charge in [0.25, 0.3) is 5.91 Å². The fourth-order valence-corrected chi connectivity index (χ4v) is 7.74. The van der Waals surface area contributed by atoms with Crippen LogP contribution in [0.3, 0.4) is 0 Å². The van der Waals surface area contributed by atoms with Crippen molar-refractivity contribution in [2.45, 2.75) is 88.8 Å². The molecule has 0 aliphatic carbocycles. The molecule has 3 amide bonds. The number of aliphatic hydroxyl groups excluding tert-OH is 1. The number of nitrogens with one attached hydrogen (secondary N) is 2. The minimum atomic E-state index is -1.66. The zero-order chi connectivity index (χ0) is 32.3. The molecule has 5 rings (SSSR count). The van der Waals surface area contributed by atoms with Crippen molar-refractivity contribution in [2.24, 2.45) is 5.92 Å². The molecule has 3 aliphatic rings. The van der Waals surface area contributed by atoms with E-state index in [1.165, 1.54) is 16.7 Å². The number of benzene rings is 2. The first-order valence-corrected chi connectivity index (χ1v) is 16.7. The maximum absolute atomic E-state index is 14.0. The highest BCUT2D eigenvalue weighted by atomic mass is 35.5. The first-order chi connectivity index (χ1) is 21.4. The van der Waals surface area contributed by atoms with Crippen LogP contribution in [-0.2, 0) is 36.8 Å². The lowest BCUT2D eigenvalue weighted by Gasteiger charge is -2.33. The predicted molar refractivity (Wildman–Crippen MR) is 172 cm³/mol. The van der Waals surface area contributed by atoms with Gasteiger partial charge in [-0.2, -0.15) is 0 Å². The molecule has 3 heterocycles. The standard InChI is InChI=1S/C33H42ClN3O7S/c1-19-8-5-9-20(2)24(19)16-35-29(39)28-33(3,4)45-18-37(28)30(40)27(38)25(15-21-10-6-11-22(34)14-21)36-32(41)44-26-17-43-31-23(26)12-7-13-42-31/h5-6,8-11,14,23,25-28,31,38H,7,12-13,15-18H2,1-4H3,(H,35,39)(H,36,41)/t23-,25-,26-,27-,28+,31+/m0/s1. The average molecular weight is 660 g/mol. The molecule has 0 unspecified atom stereocenters. The number of alkyl carbamates (subject to hydrolysis) is 1. The van der Waals surface area contributed by atoms with Crippen LogP contribution in [0.2, 0.25) is 5.02 Å². The summed E-state index contributed by atoms with van der Waals surface area (Å²) in [5, 5.41) is 17.8. The van der Waals surface area contributed by atoms with E-state index >= 15 is 0 Å². The van der Waals surface area contributed by atoms with Crippen LogP contribution in [0.25, 0.3) is 0 Å². The van der Waals surface area contributed by atoms with Gasteiger partial charge in [-0.15, -0.1) is 11.8 Å². The van der Waals surface area contributed by atoms with Crippen LogP contribution in [0.4, 0.5) is 4.79 Å². The lowest BCUT2D eigenvalue weighted by molar-refractivity contribution is -0.152. The van der Waals surface area contributed by atoms with E-state index in [1.807, 2.05) is 45.9 Å². The molecule has 3 saturated heterocycles. The summed E-state index contributed by atoms with van der Waals surface area (Å²) in [5.41, 5.74) is 3.87. The van der Waals surface area contributed by atoms with E-state index in [2.05, 4.69) is 10.6 Å². The molecule has 0 bridgehead atoms. The monoisotopic (exact) mass is 659 g/mol. The van der Waals surface area contributed by atoms with Crippen molar-refractivity contribution in [3.63, 3.8) is 0 Å². The highest BCUT2D eigenvalue weighted by Gasteiger charge is 2.50. The number of fused-ring (bicyclic) bond motifs is 1. The highest BCUT2D eigenvalue weighted by molar-refractivity contribution is 8.00. The third-order valence-electron chi connectivity index (χ3n) is 8.92. The second-order valence-corrected chi connectivity index (χ2v) is 14.6. The number of aryl methyl sites for hydroxylation is 2. The zero-order valence-electron chi connectivity index (χ0n) is 26.1. The number of aliphatic hydroxyl groups is 1. The molecule has 244 valence electrons. The fraction of sp³-hybridized carbons (Fsp3) is 0.545. The molecule has 2 aromatic rings. The molecule has 0 spiro atoms. The van der Waals surface area contributed by atoms with E-state index in [0.29, 0.717) is 23.7 Å². The van der Waals surface area contributed by atoms with Crippen LogP contribution in [0.5, 0.6) is 0 Å². The SMILES string of the molecule is Cc1cccc(C)c1CNC(=O)[C@H]1N(C(=O)[C@@H](O)[C@H](Cc2cccc(Cl)c2)NC(=O)O[C@H]2CO[C@H]3OCCC[C@H]32)CSC1(C)C. The predicted octanol–water partition coefficient (Wildman–Crippen LogP) is 4.10. The Balaban J connectivity index is 1.31. The van der Waals surface area contributed by atoms with Crippen molar-refractivity contribution >= 4 is 41.3 Å². The number of thioether (sulfide) groups is 1. The van der Waals surface area contributed by atoms with Crippen molar-refractivity contribution < 1.29 is 33.7 Å². The number of carbonyl (C=O) groups is 3. The van der Waals surface area contributed by atoms with Gasteiger partial charge in [0.2, 0.25) is 5.91 Å². The Labute approximate surface area is 273 Å². The Morgan fingerprint density at radius 2 is 1.89 bits per heavy atom.